The first-order chi connectivity index (χ1) is 9.56. The van der Waals surface area contributed by atoms with Crippen LogP contribution < -0.4 is 15.8 Å². The summed E-state index contributed by atoms with van der Waals surface area (Å²) in [6, 6.07) is 7.58. The normalized spacial score (nSPS) is 25.4. The van der Waals surface area contributed by atoms with Gasteiger partial charge in [0.05, 0.1) is 13.0 Å². The molecule has 4 heteroatoms. The fraction of sp³-hybridized carbons (Fsp3) is 0.562. The number of carbonyl (C=O) groups is 1. The number of hydrogen-bond donors (Lipinski definition) is 2. The molecule has 1 aromatic rings. The monoisotopic (exact) mass is 276 g/mol. The molecule has 0 spiro atoms. The van der Waals surface area contributed by atoms with Crippen LogP contribution in [0, 0.1) is 11.8 Å². The van der Waals surface area contributed by atoms with Gasteiger partial charge in [0, 0.05) is 17.8 Å². The largest absolute Gasteiger partial charge is 0.493 e. The summed E-state index contributed by atoms with van der Waals surface area (Å²) in [6.45, 7) is 4.84. The number of amides is 1. The lowest BCUT2D eigenvalue weighted by molar-refractivity contribution is -0.122. The summed E-state index contributed by atoms with van der Waals surface area (Å²) in [6.07, 6.45) is 2.67. The smallest absolute Gasteiger partial charge is 0.223 e. The van der Waals surface area contributed by atoms with Gasteiger partial charge in [0.1, 0.15) is 5.75 Å². The molecule has 110 valence electrons. The minimum atomic E-state index is 0.0693. The Kier molecular flexibility index (Phi) is 4.88. The second-order valence-electron chi connectivity index (χ2n) is 5.76. The van der Waals surface area contributed by atoms with Gasteiger partial charge in [-0.25, -0.2) is 0 Å². The van der Waals surface area contributed by atoms with Crippen molar-refractivity contribution in [2.24, 2.45) is 11.8 Å². The lowest BCUT2D eigenvalue weighted by Gasteiger charge is -2.19. The van der Waals surface area contributed by atoms with E-state index in [4.69, 9.17) is 10.5 Å². The Labute approximate surface area is 120 Å². The molecule has 4 nitrogen and oxygen atoms in total. The van der Waals surface area contributed by atoms with E-state index in [1.54, 1.807) is 6.07 Å². The zero-order valence-electron chi connectivity index (χ0n) is 12.3. The molecule has 1 aliphatic rings. The molecule has 3 unspecified atom stereocenters. The van der Waals surface area contributed by atoms with E-state index in [9.17, 15) is 4.79 Å². The number of anilines is 1. The van der Waals surface area contributed by atoms with E-state index < -0.39 is 0 Å². The van der Waals surface area contributed by atoms with Crippen molar-refractivity contribution in [2.75, 3.05) is 12.3 Å². The number of carbonyl (C=O) groups excluding carboxylic acids is 1. The topological polar surface area (TPSA) is 64.3 Å². The van der Waals surface area contributed by atoms with E-state index in [1.165, 1.54) is 6.42 Å². The molecule has 0 aliphatic heterocycles. The number of benzene rings is 1. The number of nitrogens with one attached hydrogen (secondary N) is 1. The molecule has 0 heterocycles. The summed E-state index contributed by atoms with van der Waals surface area (Å²) in [5.74, 6) is 2.04. The Morgan fingerprint density at radius 1 is 1.40 bits per heavy atom. The van der Waals surface area contributed by atoms with Crippen molar-refractivity contribution < 1.29 is 9.53 Å². The van der Waals surface area contributed by atoms with Crippen molar-refractivity contribution in [1.82, 2.24) is 5.32 Å². The minimum absolute atomic E-state index is 0.0693. The summed E-state index contributed by atoms with van der Waals surface area (Å²) in [5.41, 5.74) is 6.34. The van der Waals surface area contributed by atoms with Gasteiger partial charge >= 0.3 is 0 Å². The third-order valence-electron chi connectivity index (χ3n) is 4.27. The van der Waals surface area contributed by atoms with E-state index >= 15 is 0 Å². The molecule has 1 saturated carbocycles. The van der Waals surface area contributed by atoms with Crippen LogP contribution in [0.15, 0.2) is 24.3 Å². The highest BCUT2D eigenvalue weighted by Crippen LogP contribution is 2.31. The van der Waals surface area contributed by atoms with Crippen molar-refractivity contribution in [3.63, 3.8) is 0 Å². The maximum atomic E-state index is 11.9. The average molecular weight is 276 g/mol. The van der Waals surface area contributed by atoms with Crippen molar-refractivity contribution >= 4 is 11.6 Å². The first kappa shape index (κ1) is 14.7. The number of nitrogen functional groups attached to an aromatic ring is 1. The van der Waals surface area contributed by atoms with Gasteiger partial charge in [-0.2, -0.15) is 0 Å². The summed E-state index contributed by atoms with van der Waals surface area (Å²) < 4.78 is 5.53. The first-order valence-electron chi connectivity index (χ1n) is 7.34. The molecule has 1 aromatic carbocycles. The predicted molar refractivity (Wildman–Crippen MR) is 80.5 cm³/mol. The zero-order valence-corrected chi connectivity index (χ0v) is 12.3. The van der Waals surface area contributed by atoms with Gasteiger partial charge in [-0.15, -0.1) is 0 Å². The molecule has 1 amide bonds. The van der Waals surface area contributed by atoms with Crippen molar-refractivity contribution in [1.29, 1.82) is 0 Å². The highest BCUT2D eigenvalue weighted by atomic mass is 16.5. The Morgan fingerprint density at radius 3 is 2.85 bits per heavy atom. The highest BCUT2D eigenvalue weighted by Gasteiger charge is 2.30. The minimum Gasteiger partial charge on any atom is -0.493 e. The Balaban J connectivity index is 1.70. The van der Waals surface area contributed by atoms with Crippen molar-refractivity contribution in [2.45, 2.75) is 39.2 Å². The molecule has 1 fully saturated rings. The summed E-state index contributed by atoms with van der Waals surface area (Å²) in [7, 11) is 0. The predicted octanol–water partition coefficient (Wildman–Crippen LogP) is 2.59. The highest BCUT2D eigenvalue weighted by molar-refractivity contribution is 5.76. The third kappa shape index (κ3) is 3.89. The average Bonchev–Trinajstić information content (AvgIpc) is 2.71. The molecule has 0 saturated heterocycles. The molecular formula is C16H24N2O2. The van der Waals surface area contributed by atoms with Gasteiger partial charge in [0.2, 0.25) is 5.91 Å². The number of hydrogen-bond acceptors (Lipinski definition) is 3. The lowest BCUT2D eigenvalue weighted by atomic mass is 9.98. The van der Waals surface area contributed by atoms with Crippen LogP contribution in [0.1, 0.15) is 33.1 Å². The second kappa shape index (κ2) is 6.64. The zero-order chi connectivity index (χ0) is 14.5. The van der Waals surface area contributed by atoms with E-state index in [0.717, 1.165) is 6.42 Å². The van der Waals surface area contributed by atoms with Crippen LogP contribution in [-0.2, 0) is 4.79 Å². The van der Waals surface area contributed by atoms with Crippen LogP contribution in [-0.4, -0.2) is 18.6 Å². The fourth-order valence-corrected chi connectivity index (χ4v) is 2.71. The van der Waals surface area contributed by atoms with E-state index in [1.807, 2.05) is 18.2 Å². The molecule has 3 N–H and O–H groups in total. The van der Waals surface area contributed by atoms with Crippen molar-refractivity contribution in [3.8, 4) is 5.75 Å². The second-order valence-corrected chi connectivity index (χ2v) is 5.76. The number of nitrogens with two attached hydrogens (primary N) is 1. The van der Waals surface area contributed by atoms with Crippen molar-refractivity contribution in [3.05, 3.63) is 24.3 Å². The van der Waals surface area contributed by atoms with E-state index in [-0.39, 0.29) is 5.91 Å². The molecule has 20 heavy (non-hydrogen) atoms. The molecular weight excluding hydrogens is 252 g/mol. The summed E-state index contributed by atoms with van der Waals surface area (Å²) in [5, 5.41) is 3.11. The Morgan fingerprint density at radius 2 is 2.20 bits per heavy atom. The van der Waals surface area contributed by atoms with Gasteiger partial charge < -0.3 is 15.8 Å². The fourth-order valence-electron chi connectivity index (χ4n) is 2.71. The van der Waals surface area contributed by atoms with Crippen LogP contribution in [0.3, 0.4) is 0 Å². The SMILES string of the molecule is CC1CCC(NC(=O)CCOc2cccc(N)c2)C1C. The van der Waals surface area contributed by atoms with Gasteiger partial charge in [-0.3, -0.25) is 4.79 Å². The van der Waals surface area contributed by atoms with Gasteiger partial charge in [0.25, 0.3) is 0 Å². The molecule has 2 rings (SSSR count). The van der Waals surface area contributed by atoms with Gasteiger partial charge in [-0.1, -0.05) is 19.9 Å². The lowest BCUT2D eigenvalue weighted by Crippen LogP contribution is -2.37. The van der Waals surface area contributed by atoms with E-state index in [2.05, 4.69) is 19.2 Å². The molecule has 1 aliphatic carbocycles. The Bertz CT molecular complexity index is 462. The Hall–Kier alpha value is -1.71. The molecule has 0 aromatic heterocycles. The van der Waals surface area contributed by atoms with Gasteiger partial charge in [0.15, 0.2) is 0 Å². The standard InChI is InChI=1S/C16H24N2O2/c1-11-6-7-15(12(11)2)18-16(19)8-9-20-14-5-3-4-13(17)10-14/h3-5,10-12,15H,6-9,17H2,1-2H3,(H,18,19). The quantitative estimate of drug-likeness (QED) is 0.812. The van der Waals surface area contributed by atoms with E-state index in [0.29, 0.717) is 42.3 Å². The van der Waals surface area contributed by atoms with Crippen LogP contribution in [0.2, 0.25) is 0 Å². The molecule has 0 bridgehead atoms. The third-order valence-corrected chi connectivity index (χ3v) is 4.27. The maximum absolute atomic E-state index is 11.9. The van der Waals surface area contributed by atoms with Crippen LogP contribution in [0.4, 0.5) is 5.69 Å². The summed E-state index contributed by atoms with van der Waals surface area (Å²) >= 11 is 0. The number of ether oxygens (including phenoxy) is 1. The molecule has 3 atom stereocenters. The van der Waals surface area contributed by atoms with Crippen LogP contribution in [0.25, 0.3) is 0 Å². The molecule has 0 radical (unpaired) electrons. The van der Waals surface area contributed by atoms with Gasteiger partial charge in [-0.05, 0) is 36.8 Å². The van der Waals surface area contributed by atoms with Crippen LogP contribution in [0.5, 0.6) is 5.75 Å². The maximum Gasteiger partial charge on any atom is 0.223 e. The van der Waals surface area contributed by atoms with Crippen LogP contribution >= 0.6 is 0 Å². The summed E-state index contributed by atoms with van der Waals surface area (Å²) in [4.78, 5) is 11.9. The first-order valence-corrected chi connectivity index (χ1v) is 7.34. The number of rotatable bonds is 5.